The zero-order valence-corrected chi connectivity index (χ0v) is 22.3. The molecule has 0 heterocycles. The van der Waals surface area contributed by atoms with Gasteiger partial charge in [-0.05, 0) is 38.5 Å². The molecular formula is C25H34FN3O6S. The number of anilines is 1. The van der Waals surface area contributed by atoms with Gasteiger partial charge in [-0.25, -0.2) is 12.8 Å². The number of amides is 2. The summed E-state index contributed by atoms with van der Waals surface area (Å²) in [7, 11) is -1.07. The Morgan fingerprint density at radius 1 is 1.06 bits per heavy atom. The van der Waals surface area contributed by atoms with Crippen LogP contribution in [0.25, 0.3) is 0 Å². The molecule has 0 spiro atoms. The summed E-state index contributed by atoms with van der Waals surface area (Å²) in [6, 6.07) is 9.23. The van der Waals surface area contributed by atoms with Gasteiger partial charge in [0.15, 0.2) is 11.5 Å². The van der Waals surface area contributed by atoms with Crippen LogP contribution in [0, 0.1) is 5.82 Å². The molecule has 0 bridgehead atoms. The van der Waals surface area contributed by atoms with E-state index in [2.05, 4.69) is 5.32 Å². The van der Waals surface area contributed by atoms with Crippen LogP contribution in [0.4, 0.5) is 10.1 Å². The maximum Gasteiger partial charge on any atom is 0.244 e. The molecule has 0 aliphatic rings. The monoisotopic (exact) mass is 523 g/mol. The minimum absolute atomic E-state index is 0.135. The SMILES string of the molecule is CC[C@H](C)NC(=O)[C@H](C)N(Cc1ccccc1F)C(=O)CN(c1ccc(OC)c(OC)c1)S(C)(=O)=O. The predicted molar refractivity (Wildman–Crippen MR) is 136 cm³/mol. The fourth-order valence-electron chi connectivity index (χ4n) is 3.45. The summed E-state index contributed by atoms with van der Waals surface area (Å²) in [4.78, 5) is 27.6. The highest BCUT2D eigenvalue weighted by Crippen LogP contribution is 2.32. The van der Waals surface area contributed by atoms with E-state index in [1.54, 1.807) is 6.07 Å². The summed E-state index contributed by atoms with van der Waals surface area (Å²) in [5.41, 5.74) is 0.372. The highest BCUT2D eigenvalue weighted by Gasteiger charge is 2.31. The third kappa shape index (κ3) is 7.33. The lowest BCUT2D eigenvalue weighted by Crippen LogP contribution is -2.52. The van der Waals surface area contributed by atoms with Crippen molar-refractivity contribution in [3.63, 3.8) is 0 Å². The maximum absolute atomic E-state index is 14.4. The molecular weight excluding hydrogens is 489 g/mol. The molecule has 9 nitrogen and oxygen atoms in total. The molecule has 0 saturated heterocycles. The molecule has 2 aromatic rings. The molecule has 0 radical (unpaired) electrons. The lowest BCUT2D eigenvalue weighted by molar-refractivity contribution is -0.139. The number of carbonyl (C=O) groups excluding carboxylic acids is 2. The summed E-state index contributed by atoms with van der Waals surface area (Å²) in [5.74, 6) is -0.973. The van der Waals surface area contributed by atoms with Crippen LogP contribution in [0.5, 0.6) is 11.5 Å². The van der Waals surface area contributed by atoms with Crippen molar-refractivity contribution in [2.24, 2.45) is 0 Å². The number of nitrogens with zero attached hydrogens (tertiary/aromatic N) is 2. The smallest absolute Gasteiger partial charge is 0.244 e. The molecule has 2 aromatic carbocycles. The van der Waals surface area contributed by atoms with Crippen molar-refractivity contribution in [2.45, 2.75) is 45.8 Å². The van der Waals surface area contributed by atoms with Gasteiger partial charge in [-0.1, -0.05) is 25.1 Å². The average molecular weight is 524 g/mol. The quantitative estimate of drug-likeness (QED) is 0.459. The normalized spacial score (nSPS) is 12.9. The van der Waals surface area contributed by atoms with E-state index in [0.29, 0.717) is 12.2 Å². The summed E-state index contributed by atoms with van der Waals surface area (Å²) in [6.45, 7) is 4.44. The first-order valence-electron chi connectivity index (χ1n) is 11.5. The van der Waals surface area contributed by atoms with Gasteiger partial charge in [-0.3, -0.25) is 13.9 Å². The first-order chi connectivity index (χ1) is 16.9. The first-order valence-corrected chi connectivity index (χ1v) is 13.3. The van der Waals surface area contributed by atoms with Crippen molar-refractivity contribution < 1.29 is 31.9 Å². The Labute approximate surface area is 212 Å². The van der Waals surface area contributed by atoms with Gasteiger partial charge in [0.2, 0.25) is 21.8 Å². The van der Waals surface area contributed by atoms with Gasteiger partial charge in [0.05, 0.1) is 26.2 Å². The fraction of sp³-hybridized carbons (Fsp3) is 0.440. The van der Waals surface area contributed by atoms with E-state index in [-0.39, 0.29) is 29.6 Å². The molecule has 0 aliphatic heterocycles. The Balaban J connectivity index is 2.45. The zero-order chi connectivity index (χ0) is 27.0. The van der Waals surface area contributed by atoms with Gasteiger partial charge in [-0.2, -0.15) is 0 Å². The lowest BCUT2D eigenvalue weighted by atomic mass is 10.1. The lowest BCUT2D eigenvalue weighted by Gasteiger charge is -2.32. The van der Waals surface area contributed by atoms with Gasteiger partial charge < -0.3 is 19.7 Å². The van der Waals surface area contributed by atoms with Crippen molar-refractivity contribution in [1.29, 1.82) is 0 Å². The van der Waals surface area contributed by atoms with E-state index < -0.39 is 40.2 Å². The van der Waals surface area contributed by atoms with Crippen LogP contribution in [0.2, 0.25) is 0 Å². The number of rotatable bonds is 12. The summed E-state index contributed by atoms with van der Waals surface area (Å²) in [6.07, 6.45) is 1.65. The number of carbonyl (C=O) groups is 2. The molecule has 11 heteroatoms. The number of sulfonamides is 1. The Morgan fingerprint density at radius 2 is 1.69 bits per heavy atom. The molecule has 0 unspecified atom stereocenters. The van der Waals surface area contributed by atoms with E-state index in [0.717, 1.165) is 10.6 Å². The maximum atomic E-state index is 14.4. The third-order valence-electron chi connectivity index (χ3n) is 5.80. The number of hydrogen-bond donors (Lipinski definition) is 1. The Kier molecular flexibility index (Phi) is 10.1. The molecule has 1 N–H and O–H groups in total. The number of ether oxygens (including phenoxy) is 2. The molecule has 2 amide bonds. The minimum Gasteiger partial charge on any atom is -0.493 e. The highest BCUT2D eigenvalue weighted by molar-refractivity contribution is 7.92. The van der Waals surface area contributed by atoms with Crippen molar-refractivity contribution >= 4 is 27.5 Å². The Hall–Kier alpha value is -3.34. The second kappa shape index (κ2) is 12.6. The average Bonchev–Trinajstić information content (AvgIpc) is 2.84. The van der Waals surface area contributed by atoms with Crippen LogP contribution in [0.3, 0.4) is 0 Å². The van der Waals surface area contributed by atoms with Crippen LogP contribution in [0.1, 0.15) is 32.8 Å². The molecule has 2 rings (SSSR count). The van der Waals surface area contributed by atoms with Gasteiger partial charge in [0.25, 0.3) is 0 Å². The van der Waals surface area contributed by atoms with Gasteiger partial charge in [-0.15, -0.1) is 0 Å². The topological polar surface area (TPSA) is 105 Å². The van der Waals surface area contributed by atoms with Crippen LogP contribution in [-0.4, -0.2) is 64.2 Å². The van der Waals surface area contributed by atoms with Crippen LogP contribution >= 0.6 is 0 Å². The van der Waals surface area contributed by atoms with E-state index in [1.165, 1.54) is 62.4 Å². The second-order valence-corrected chi connectivity index (χ2v) is 10.3. The van der Waals surface area contributed by atoms with E-state index in [4.69, 9.17) is 9.47 Å². The highest BCUT2D eigenvalue weighted by atomic mass is 32.2. The fourth-order valence-corrected chi connectivity index (χ4v) is 4.29. The number of hydrogen-bond acceptors (Lipinski definition) is 6. The van der Waals surface area contributed by atoms with E-state index in [1.807, 2.05) is 13.8 Å². The molecule has 0 aliphatic carbocycles. The van der Waals surface area contributed by atoms with Gasteiger partial charge >= 0.3 is 0 Å². The number of halogens is 1. The summed E-state index contributed by atoms with van der Waals surface area (Å²) in [5, 5.41) is 2.82. The van der Waals surface area contributed by atoms with Crippen molar-refractivity contribution in [3.05, 3.63) is 53.8 Å². The summed E-state index contributed by atoms with van der Waals surface area (Å²) >= 11 is 0. The molecule has 198 valence electrons. The molecule has 0 saturated carbocycles. The first kappa shape index (κ1) is 28.9. The second-order valence-electron chi connectivity index (χ2n) is 8.42. The van der Waals surface area contributed by atoms with E-state index >= 15 is 0 Å². The van der Waals surface area contributed by atoms with Crippen LogP contribution < -0.4 is 19.1 Å². The zero-order valence-electron chi connectivity index (χ0n) is 21.4. The number of methoxy groups -OCH3 is 2. The molecule has 2 atom stereocenters. The molecule has 0 fully saturated rings. The van der Waals surface area contributed by atoms with E-state index in [9.17, 15) is 22.4 Å². The third-order valence-corrected chi connectivity index (χ3v) is 6.94. The predicted octanol–water partition coefficient (Wildman–Crippen LogP) is 2.94. The Bertz CT molecular complexity index is 1170. The Morgan fingerprint density at radius 3 is 2.25 bits per heavy atom. The van der Waals surface area contributed by atoms with Crippen LogP contribution in [0.15, 0.2) is 42.5 Å². The number of nitrogens with one attached hydrogen (secondary N) is 1. The van der Waals surface area contributed by atoms with Gasteiger partial charge in [0, 0.05) is 24.2 Å². The molecule has 36 heavy (non-hydrogen) atoms. The van der Waals surface area contributed by atoms with Crippen molar-refractivity contribution in [1.82, 2.24) is 10.2 Å². The number of benzene rings is 2. The largest absolute Gasteiger partial charge is 0.493 e. The van der Waals surface area contributed by atoms with Crippen molar-refractivity contribution in [2.75, 3.05) is 31.3 Å². The van der Waals surface area contributed by atoms with Gasteiger partial charge in [0.1, 0.15) is 18.4 Å². The molecule has 0 aromatic heterocycles. The minimum atomic E-state index is -3.93. The standard InChI is InChI=1S/C25H34FN3O6S/c1-7-17(2)27-25(31)18(3)28(15-19-10-8-9-11-21(19)26)24(30)16-29(36(6,32)33)20-12-13-22(34-4)23(14-20)35-5/h8-14,17-18H,7,15-16H2,1-6H3,(H,27,31)/t17-,18-/m0/s1. The van der Waals surface area contributed by atoms with Crippen LogP contribution in [-0.2, 0) is 26.2 Å². The summed E-state index contributed by atoms with van der Waals surface area (Å²) < 4.78 is 51.2. The van der Waals surface area contributed by atoms with Crippen molar-refractivity contribution in [3.8, 4) is 11.5 Å².